The molecule has 0 aliphatic heterocycles. The molecule has 3 aromatic rings. The Morgan fingerprint density at radius 2 is 1.61 bits per heavy atom. The molecular formula is C27H33O5P. The zero-order valence-electron chi connectivity index (χ0n) is 19.4. The van der Waals surface area contributed by atoms with Crippen LogP contribution in [0.25, 0.3) is 21.9 Å². The summed E-state index contributed by atoms with van der Waals surface area (Å²) in [5.74, 6) is 0.226. The third-order valence-corrected chi connectivity index (χ3v) is 6.61. The lowest BCUT2D eigenvalue weighted by molar-refractivity contribution is -0.118. The van der Waals surface area contributed by atoms with E-state index >= 15 is 0 Å². The first-order valence-corrected chi connectivity index (χ1v) is 13.1. The zero-order valence-corrected chi connectivity index (χ0v) is 20.3. The topological polar surface area (TPSA) is 72.8 Å². The number of hydrogen-bond donors (Lipinski definition) is 1. The highest BCUT2D eigenvalue weighted by Gasteiger charge is 2.22. The molecule has 0 aliphatic carbocycles. The summed E-state index contributed by atoms with van der Waals surface area (Å²) in [5.41, 5.74) is 3.32. The number of rotatable bonds is 13. The van der Waals surface area contributed by atoms with Gasteiger partial charge in [0, 0.05) is 12.8 Å². The van der Waals surface area contributed by atoms with Gasteiger partial charge in [0.25, 0.3) is 0 Å². The van der Waals surface area contributed by atoms with Crippen molar-refractivity contribution in [2.45, 2.75) is 58.5 Å². The molecule has 5 nitrogen and oxygen atoms in total. The molecule has 0 spiro atoms. The molecule has 3 rings (SSSR count). The summed E-state index contributed by atoms with van der Waals surface area (Å²) in [6.07, 6.45) is 3.74. The quantitative estimate of drug-likeness (QED) is 0.214. The molecule has 0 amide bonds. The summed E-state index contributed by atoms with van der Waals surface area (Å²) >= 11 is 0. The lowest BCUT2D eigenvalue weighted by atomic mass is 9.90. The van der Waals surface area contributed by atoms with E-state index in [1.165, 1.54) is 5.39 Å². The summed E-state index contributed by atoms with van der Waals surface area (Å²) in [6.45, 7) is 3.54. The minimum Gasteiger partial charge on any atom is -0.302 e. The van der Waals surface area contributed by atoms with Gasteiger partial charge in [-0.15, -0.1) is 0 Å². The number of unbranched alkanes of at least 4 members (excludes halogenated alkanes) is 3. The van der Waals surface area contributed by atoms with Crippen LogP contribution in [0.2, 0.25) is 0 Å². The van der Waals surface area contributed by atoms with E-state index in [4.69, 9.17) is 9.05 Å². The van der Waals surface area contributed by atoms with Crippen molar-refractivity contribution in [1.82, 2.24) is 0 Å². The Labute approximate surface area is 196 Å². The standard InChI is InChI=1S/C27H33O5P/c1-21(2)32-33(29,30)31-19-11-4-3-8-15-25(28)20-24-18-17-22-12-9-10-16-26(22)27(24)23-13-6-5-7-14-23/h5-7,9-10,12-14,16-18,21H,3-4,8,11,15,19-20H2,1-2H3,(H,29,30). The van der Waals surface area contributed by atoms with Gasteiger partial charge in [0.1, 0.15) is 5.78 Å². The Morgan fingerprint density at radius 1 is 0.909 bits per heavy atom. The molecular weight excluding hydrogens is 435 g/mol. The van der Waals surface area contributed by atoms with E-state index < -0.39 is 7.82 Å². The summed E-state index contributed by atoms with van der Waals surface area (Å²) in [6, 6.07) is 22.7. The average Bonchev–Trinajstić information content (AvgIpc) is 2.78. The Morgan fingerprint density at radius 3 is 2.36 bits per heavy atom. The minimum atomic E-state index is -3.96. The van der Waals surface area contributed by atoms with E-state index in [2.05, 4.69) is 36.4 Å². The van der Waals surface area contributed by atoms with E-state index in [1.807, 2.05) is 30.3 Å². The highest BCUT2D eigenvalue weighted by atomic mass is 31.2. The number of Topliss-reactive ketones (excluding diaryl/α,β-unsaturated/α-hetero) is 1. The van der Waals surface area contributed by atoms with Gasteiger partial charge in [-0.3, -0.25) is 13.8 Å². The van der Waals surface area contributed by atoms with Gasteiger partial charge in [0.05, 0.1) is 12.7 Å². The molecule has 1 N–H and O–H groups in total. The summed E-state index contributed by atoms with van der Waals surface area (Å²) in [5, 5.41) is 2.33. The largest absolute Gasteiger partial charge is 0.472 e. The van der Waals surface area contributed by atoms with E-state index in [0.717, 1.165) is 41.3 Å². The van der Waals surface area contributed by atoms with Crippen LogP contribution < -0.4 is 0 Å². The van der Waals surface area contributed by atoms with E-state index in [0.29, 0.717) is 19.3 Å². The number of carbonyl (C=O) groups excluding carboxylic acids is 1. The highest BCUT2D eigenvalue weighted by molar-refractivity contribution is 7.47. The van der Waals surface area contributed by atoms with Crippen molar-refractivity contribution in [3.05, 3.63) is 72.3 Å². The number of fused-ring (bicyclic) bond motifs is 1. The first kappa shape index (κ1) is 25.3. The summed E-state index contributed by atoms with van der Waals surface area (Å²) in [7, 11) is -3.96. The third-order valence-electron chi connectivity index (χ3n) is 5.41. The molecule has 0 saturated heterocycles. The second-order valence-electron chi connectivity index (χ2n) is 8.52. The van der Waals surface area contributed by atoms with Gasteiger partial charge in [0.15, 0.2) is 0 Å². The molecule has 33 heavy (non-hydrogen) atoms. The molecule has 1 unspecified atom stereocenters. The van der Waals surface area contributed by atoms with Crippen LogP contribution in [0, 0.1) is 0 Å². The number of carbonyl (C=O) groups is 1. The lowest BCUT2D eigenvalue weighted by Gasteiger charge is -2.14. The fourth-order valence-corrected chi connectivity index (χ4v) is 4.92. The summed E-state index contributed by atoms with van der Waals surface area (Å²) < 4.78 is 21.5. The fraction of sp³-hybridized carbons (Fsp3) is 0.370. The van der Waals surface area contributed by atoms with Gasteiger partial charge in [-0.2, -0.15) is 0 Å². The molecule has 0 radical (unpaired) electrons. The molecule has 0 bridgehead atoms. The minimum absolute atomic E-state index is 0.173. The number of hydrogen-bond acceptors (Lipinski definition) is 4. The monoisotopic (exact) mass is 468 g/mol. The van der Waals surface area contributed by atoms with Crippen LogP contribution in [0.4, 0.5) is 0 Å². The van der Waals surface area contributed by atoms with Crippen molar-refractivity contribution in [2.24, 2.45) is 0 Å². The predicted octanol–water partition coefficient (Wildman–Crippen LogP) is 7.11. The molecule has 3 aromatic carbocycles. The van der Waals surface area contributed by atoms with Crippen molar-refractivity contribution in [1.29, 1.82) is 0 Å². The Balaban J connectivity index is 1.51. The SMILES string of the molecule is CC(C)OP(=O)(O)OCCCCCCC(=O)Cc1ccc2ccccc2c1-c1ccccc1. The van der Waals surface area contributed by atoms with E-state index in [9.17, 15) is 14.3 Å². The van der Waals surface area contributed by atoms with Crippen molar-refractivity contribution >= 4 is 24.4 Å². The lowest BCUT2D eigenvalue weighted by Crippen LogP contribution is -2.05. The van der Waals surface area contributed by atoms with Crippen LogP contribution in [0.1, 0.15) is 51.5 Å². The van der Waals surface area contributed by atoms with Gasteiger partial charge in [-0.05, 0) is 54.2 Å². The highest BCUT2D eigenvalue weighted by Crippen LogP contribution is 2.44. The maximum atomic E-state index is 12.7. The Bertz CT molecular complexity index is 1090. The van der Waals surface area contributed by atoms with Crippen LogP contribution in [0.5, 0.6) is 0 Å². The molecule has 0 heterocycles. The molecule has 1 atom stereocenters. The zero-order chi connectivity index (χ0) is 23.7. The Kier molecular flexibility index (Phi) is 9.40. The molecule has 0 saturated carbocycles. The van der Waals surface area contributed by atoms with E-state index in [1.54, 1.807) is 13.8 Å². The van der Waals surface area contributed by atoms with Crippen LogP contribution in [0.3, 0.4) is 0 Å². The van der Waals surface area contributed by atoms with Crippen molar-refractivity contribution in [2.75, 3.05) is 6.61 Å². The molecule has 0 fully saturated rings. The second-order valence-corrected chi connectivity index (χ2v) is 9.93. The number of ketones is 1. The summed E-state index contributed by atoms with van der Waals surface area (Å²) in [4.78, 5) is 22.3. The van der Waals surface area contributed by atoms with Crippen LogP contribution in [-0.2, 0) is 24.8 Å². The fourth-order valence-electron chi connectivity index (χ4n) is 3.97. The van der Waals surface area contributed by atoms with Crippen LogP contribution in [-0.4, -0.2) is 23.4 Å². The van der Waals surface area contributed by atoms with Crippen molar-refractivity contribution in [3.63, 3.8) is 0 Å². The molecule has 0 aliphatic rings. The molecule has 0 aromatic heterocycles. The van der Waals surface area contributed by atoms with Gasteiger partial charge in [-0.25, -0.2) is 4.57 Å². The van der Waals surface area contributed by atoms with Gasteiger partial charge in [-0.1, -0.05) is 79.6 Å². The smallest absolute Gasteiger partial charge is 0.302 e. The van der Waals surface area contributed by atoms with Crippen molar-refractivity contribution in [3.8, 4) is 11.1 Å². The second kappa shape index (κ2) is 12.2. The van der Waals surface area contributed by atoms with Gasteiger partial charge < -0.3 is 4.89 Å². The van der Waals surface area contributed by atoms with Gasteiger partial charge in [0.2, 0.25) is 0 Å². The van der Waals surface area contributed by atoms with E-state index in [-0.39, 0.29) is 18.5 Å². The number of phosphoric ester groups is 1. The predicted molar refractivity (Wildman–Crippen MR) is 133 cm³/mol. The normalized spacial score (nSPS) is 13.3. The van der Waals surface area contributed by atoms with Crippen LogP contribution >= 0.6 is 7.82 Å². The Hall–Kier alpha value is -2.30. The third kappa shape index (κ3) is 7.90. The van der Waals surface area contributed by atoms with Crippen molar-refractivity contribution < 1.29 is 23.3 Å². The maximum absolute atomic E-state index is 12.7. The molecule has 176 valence electrons. The first-order chi connectivity index (χ1) is 15.9. The number of phosphoric acid groups is 1. The number of benzene rings is 3. The maximum Gasteiger partial charge on any atom is 0.472 e. The average molecular weight is 469 g/mol. The molecule has 6 heteroatoms. The first-order valence-electron chi connectivity index (χ1n) is 11.6. The van der Waals surface area contributed by atoms with Gasteiger partial charge >= 0.3 is 7.82 Å². The van der Waals surface area contributed by atoms with Crippen LogP contribution in [0.15, 0.2) is 66.7 Å².